The van der Waals surface area contributed by atoms with Crippen molar-refractivity contribution in [2.45, 2.75) is 24.3 Å². The molecular formula is C13H17N3O4S. The summed E-state index contributed by atoms with van der Waals surface area (Å²) in [6, 6.07) is 5.32. The minimum absolute atomic E-state index is 0.0918. The van der Waals surface area contributed by atoms with Crippen LogP contribution in [0.1, 0.15) is 13.8 Å². The number of sulfonamides is 1. The Kier molecular flexibility index (Phi) is 3.82. The molecule has 21 heavy (non-hydrogen) atoms. The van der Waals surface area contributed by atoms with E-state index in [0.29, 0.717) is 0 Å². The summed E-state index contributed by atoms with van der Waals surface area (Å²) in [5.41, 5.74) is 2.07. The van der Waals surface area contributed by atoms with Crippen molar-refractivity contribution in [3.05, 3.63) is 36.5 Å². The van der Waals surface area contributed by atoms with E-state index in [1.807, 2.05) is 4.72 Å². The number of ether oxygens (including phenoxy) is 1. The molecule has 0 radical (unpaired) electrons. The number of nitrogens with one attached hydrogen (secondary N) is 2. The number of amides is 2. The summed E-state index contributed by atoms with van der Waals surface area (Å²) in [5, 5.41) is 1.19. The molecule has 2 rings (SSSR count). The van der Waals surface area contributed by atoms with Crippen molar-refractivity contribution in [1.82, 2.24) is 15.2 Å². The zero-order valence-corrected chi connectivity index (χ0v) is 12.8. The number of rotatable bonds is 3. The fourth-order valence-electron chi connectivity index (χ4n) is 1.93. The molecule has 1 aromatic carbocycles. The first-order valence-electron chi connectivity index (χ1n) is 6.22. The van der Waals surface area contributed by atoms with E-state index < -0.39 is 21.6 Å². The number of urea groups is 1. The van der Waals surface area contributed by atoms with Crippen molar-refractivity contribution in [2.24, 2.45) is 0 Å². The smallest absolute Gasteiger partial charge is 0.350 e. The van der Waals surface area contributed by atoms with E-state index >= 15 is 0 Å². The number of nitrogens with zero attached hydrogens (tertiary/aromatic N) is 1. The molecule has 0 atom stereocenters. The Bertz CT molecular complexity index is 682. The fourth-order valence-corrected chi connectivity index (χ4v) is 3.04. The van der Waals surface area contributed by atoms with Crippen LogP contribution in [0.5, 0.6) is 5.75 Å². The summed E-state index contributed by atoms with van der Waals surface area (Å²) < 4.78 is 31.6. The fraction of sp³-hybridized carbons (Fsp3) is 0.308. The number of para-hydroxylation sites is 1. The first kappa shape index (κ1) is 15.2. The lowest BCUT2D eigenvalue weighted by molar-refractivity contribution is 0.152. The molecular weight excluding hydrogens is 294 g/mol. The standard InChI is InChI=1S/C13H17N3O4S/c1-13(2)8-9-14-16(13)12(17)15-21(18,19)11-7-5-4-6-10(11)20-3/h4-9,14H,1-3H3,(H,15,17). The minimum Gasteiger partial charge on any atom is -0.495 e. The summed E-state index contributed by atoms with van der Waals surface area (Å²) in [5.74, 6) is 0.171. The zero-order chi connectivity index (χ0) is 15.7. The van der Waals surface area contributed by atoms with Crippen molar-refractivity contribution >= 4 is 16.1 Å². The van der Waals surface area contributed by atoms with Gasteiger partial charge in [0.15, 0.2) is 0 Å². The van der Waals surface area contributed by atoms with Gasteiger partial charge in [-0.1, -0.05) is 12.1 Å². The average molecular weight is 311 g/mol. The first-order chi connectivity index (χ1) is 9.78. The van der Waals surface area contributed by atoms with Crippen molar-refractivity contribution in [3.63, 3.8) is 0 Å². The highest BCUT2D eigenvalue weighted by molar-refractivity contribution is 7.90. The molecule has 1 aliphatic heterocycles. The Morgan fingerprint density at radius 3 is 2.57 bits per heavy atom. The van der Waals surface area contributed by atoms with Gasteiger partial charge in [0.1, 0.15) is 10.6 Å². The molecule has 1 aromatic rings. The third-order valence-corrected chi connectivity index (χ3v) is 4.41. The Morgan fingerprint density at radius 2 is 2.00 bits per heavy atom. The van der Waals surface area contributed by atoms with Gasteiger partial charge in [0.2, 0.25) is 0 Å². The van der Waals surface area contributed by atoms with E-state index in [2.05, 4.69) is 5.43 Å². The molecule has 8 heteroatoms. The molecule has 0 fully saturated rings. The van der Waals surface area contributed by atoms with Gasteiger partial charge in [-0.2, -0.15) is 0 Å². The highest BCUT2D eigenvalue weighted by atomic mass is 32.2. The molecule has 0 spiro atoms. The van der Waals surface area contributed by atoms with E-state index in [1.165, 1.54) is 24.3 Å². The third kappa shape index (κ3) is 2.94. The maximum absolute atomic E-state index is 12.3. The van der Waals surface area contributed by atoms with Crippen LogP contribution in [-0.2, 0) is 10.0 Å². The molecule has 0 saturated carbocycles. The summed E-state index contributed by atoms with van der Waals surface area (Å²) in [4.78, 5) is 12.1. The quantitative estimate of drug-likeness (QED) is 0.876. The second-order valence-corrected chi connectivity index (χ2v) is 6.66. The van der Waals surface area contributed by atoms with Crippen LogP contribution in [0.15, 0.2) is 41.4 Å². The van der Waals surface area contributed by atoms with E-state index in [0.717, 1.165) is 0 Å². The van der Waals surface area contributed by atoms with Gasteiger partial charge in [0.25, 0.3) is 10.0 Å². The van der Waals surface area contributed by atoms with E-state index in [1.54, 1.807) is 38.3 Å². The van der Waals surface area contributed by atoms with Crippen molar-refractivity contribution < 1.29 is 17.9 Å². The highest BCUT2D eigenvalue weighted by Gasteiger charge is 2.34. The maximum atomic E-state index is 12.3. The number of hydrogen-bond donors (Lipinski definition) is 2. The molecule has 0 unspecified atom stereocenters. The molecule has 114 valence electrons. The van der Waals surface area contributed by atoms with E-state index in [-0.39, 0.29) is 10.6 Å². The van der Waals surface area contributed by atoms with Crippen LogP contribution in [0.3, 0.4) is 0 Å². The highest BCUT2D eigenvalue weighted by Crippen LogP contribution is 2.24. The Hall–Kier alpha value is -2.22. The molecule has 0 aliphatic carbocycles. The van der Waals surface area contributed by atoms with Gasteiger partial charge in [-0.15, -0.1) is 0 Å². The van der Waals surface area contributed by atoms with Crippen molar-refractivity contribution in [1.29, 1.82) is 0 Å². The number of benzene rings is 1. The monoisotopic (exact) mass is 311 g/mol. The first-order valence-corrected chi connectivity index (χ1v) is 7.70. The van der Waals surface area contributed by atoms with Gasteiger partial charge >= 0.3 is 6.03 Å². The Labute approximate surface area is 123 Å². The van der Waals surface area contributed by atoms with E-state index in [9.17, 15) is 13.2 Å². The summed E-state index contributed by atoms with van der Waals surface area (Å²) in [7, 11) is -2.66. The van der Waals surface area contributed by atoms with Gasteiger partial charge < -0.3 is 10.2 Å². The van der Waals surface area contributed by atoms with Crippen LogP contribution < -0.4 is 14.9 Å². The van der Waals surface area contributed by atoms with Crippen LogP contribution in [0, 0.1) is 0 Å². The van der Waals surface area contributed by atoms with Gasteiger partial charge in [-0.05, 0) is 32.1 Å². The molecule has 7 nitrogen and oxygen atoms in total. The summed E-state index contributed by atoms with van der Waals surface area (Å²) >= 11 is 0. The number of hydrogen-bond acceptors (Lipinski definition) is 5. The Balaban J connectivity index is 2.24. The predicted octanol–water partition coefficient (Wildman–Crippen LogP) is 1.21. The van der Waals surface area contributed by atoms with Crippen molar-refractivity contribution in [2.75, 3.05) is 7.11 Å². The molecule has 1 aliphatic rings. The largest absolute Gasteiger partial charge is 0.495 e. The molecule has 2 amide bonds. The maximum Gasteiger partial charge on any atom is 0.350 e. The normalized spacial score (nSPS) is 16.4. The van der Waals surface area contributed by atoms with Gasteiger partial charge in [0, 0.05) is 6.20 Å². The second-order valence-electron chi connectivity index (χ2n) is 5.01. The number of carbonyl (C=O) groups is 1. The number of carbonyl (C=O) groups excluding carboxylic acids is 1. The van der Waals surface area contributed by atoms with E-state index in [4.69, 9.17) is 4.74 Å². The summed E-state index contributed by atoms with van der Waals surface area (Å²) in [6.45, 7) is 3.55. The lowest BCUT2D eigenvalue weighted by Gasteiger charge is -2.30. The Morgan fingerprint density at radius 1 is 1.33 bits per heavy atom. The topological polar surface area (TPSA) is 87.7 Å². The minimum atomic E-state index is -4.02. The molecule has 2 N–H and O–H groups in total. The molecule has 0 bridgehead atoms. The van der Waals surface area contributed by atoms with Crippen LogP contribution in [0.25, 0.3) is 0 Å². The SMILES string of the molecule is COc1ccccc1S(=O)(=O)NC(=O)N1NC=CC1(C)C. The van der Waals surface area contributed by atoms with Gasteiger partial charge in [-0.3, -0.25) is 0 Å². The lowest BCUT2D eigenvalue weighted by atomic mass is 10.1. The van der Waals surface area contributed by atoms with Crippen LogP contribution in [0.4, 0.5) is 4.79 Å². The summed E-state index contributed by atoms with van der Waals surface area (Å²) in [6.07, 6.45) is 3.33. The van der Waals surface area contributed by atoms with Gasteiger partial charge in [0.05, 0.1) is 12.6 Å². The average Bonchev–Trinajstić information content (AvgIpc) is 2.78. The van der Waals surface area contributed by atoms with Crippen molar-refractivity contribution in [3.8, 4) is 5.75 Å². The molecule has 0 saturated heterocycles. The van der Waals surface area contributed by atoms with Crippen LogP contribution in [0.2, 0.25) is 0 Å². The number of hydrazine groups is 1. The van der Waals surface area contributed by atoms with Crippen LogP contribution >= 0.6 is 0 Å². The second kappa shape index (κ2) is 5.28. The zero-order valence-electron chi connectivity index (χ0n) is 12.0. The molecule has 1 heterocycles. The number of methoxy groups -OCH3 is 1. The predicted molar refractivity (Wildman–Crippen MR) is 76.9 cm³/mol. The van der Waals surface area contributed by atoms with Crippen LogP contribution in [-0.4, -0.2) is 32.1 Å². The van der Waals surface area contributed by atoms with Gasteiger partial charge in [-0.25, -0.2) is 22.9 Å². The molecule has 0 aromatic heterocycles. The third-order valence-electron chi connectivity index (χ3n) is 3.05. The lowest BCUT2D eigenvalue weighted by Crippen LogP contribution is -2.54.